The molecule has 0 radical (unpaired) electrons. The summed E-state index contributed by atoms with van der Waals surface area (Å²) in [6.45, 7) is 1.74. The van der Waals surface area contributed by atoms with Gasteiger partial charge in [0.2, 0.25) is 11.8 Å². The number of carbonyl (C=O) groups is 3. The molecule has 10 nitrogen and oxygen atoms in total. The van der Waals surface area contributed by atoms with E-state index in [0.717, 1.165) is 0 Å². The summed E-state index contributed by atoms with van der Waals surface area (Å²) in [5, 5.41) is 3.42. The lowest BCUT2D eigenvalue weighted by Crippen LogP contribution is -2.38. The molecule has 1 fully saturated rings. The molecule has 0 aliphatic carbocycles. The molecule has 0 N–H and O–H groups in total. The summed E-state index contributed by atoms with van der Waals surface area (Å²) in [4.78, 5) is 36.6. The van der Waals surface area contributed by atoms with Gasteiger partial charge in [-0.1, -0.05) is 12.0 Å². The zero-order valence-corrected chi connectivity index (χ0v) is 12.1. The predicted octanol–water partition coefficient (Wildman–Crippen LogP) is 0.792. The van der Waals surface area contributed by atoms with Crippen LogP contribution in [0.4, 0.5) is 0 Å². The Balaban J connectivity index is 2.63. The van der Waals surface area contributed by atoms with Crippen LogP contribution in [-0.2, 0) is 28.9 Å². The zero-order valence-electron chi connectivity index (χ0n) is 11.3. The van der Waals surface area contributed by atoms with Gasteiger partial charge in [0.25, 0.3) is 0 Å². The van der Waals surface area contributed by atoms with Gasteiger partial charge >= 0.3 is 16.3 Å². The molecule has 0 aromatic rings. The highest BCUT2D eigenvalue weighted by Crippen LogP contribution is 2.18. The van der Waals surface area contributed by atoms with Crippen molar-refractivity contribution in [3.63, 3.8) is 0 Å². The number of rotatable bonds is 7. The van der Waals surface area contributed by atoms with Crippen molar-refractivity contribution in [1.82, 2.24) is 4.31 Å². The molecule has 0 spiro atoms. The van der Waals surface area contributed by atoms with Gasteiger partial charge < -0.3 is 4.18 Å². The lowest BCUT2D eigenvalue weighted by Gasteiger charge is -2.13. The second-order valence-electron chi connectivity index (χ2n) is 4.27. The van der Waals surface area contributed by atoms with Crippen LogP contribution in [0.5, 0.6) is 0 Å². The molecule has 1 rings (SSSR count). The second kappa shape index (κ2) is 7.04. The second-order valence-corrected chi connectivity index (χ2v) is 5.66. The third kappa shape index (κ3) is 4.43. The topological polar surface area (TPSA) is 147 Å². The van der Waals surface area contributed by atoms with Crippen molar-refractivity contribution in [1.29, 1.82) is 0 Å². The monoisotopic (exact) mass is 318 g/mol. The minimum Gasteiger partial charge on any atom is -0.330 e. The zero-order chi connectivity index (χ0) is 16.0. The van der Waals surface area contributed by atoms with E-state index in [-0.39, 0.29) is 30.0 Å². The average molecular weight is 318 g/mol. The summed E-state index contributed by atoms with van der Waals surface area (Å²) >= 11 is 0. The van der Waals surface area contributed by atoms with Gasteiger partial charge in [0, 0.05) is 30.2 Å². The molecule has 1 aliphatic rings. The lowest BCUT2D eigenvalue weighted by molar-refractivity contribution is -0.135. The third-order valence-electron chi connectivity index (χ3n) is 2.80. The largest absolute Gasteiger partial charge is 0.421 e. The molecular weight excluding hydrogens is 304 g/mol. The standard InChI is InChI=1S/C10H14N4O6S/c1-2-7(12-13-11)3-6-10(17)20-21(18,19)14-8(15)4-5-9(14)16/h7H,2-6H2,1H3. The molecule has 1 heterocycles. The highest BCUT2D eigenvalue weighted by Gasteiger charge is 2.41. The first-order chi connectivity index (χ1) is 9.81. The average Bonchev–Trinajstić information content (AvgIpc) is 2.74. The summed E-state index contributed by atoms with van der Waals surface area (Å²) in [7, 11) is -4.74. The van der Waals surface area contributed by atoms with E-state index in [1.165, 1.54) is 0 Å². The van der Waals surface area contributed by atoms with Crippen molar-refractivity contribution in [2.75, 3.05) is 0 Å². The number of hydrogen-bond acceptors (Lipinski definition) is 7. The molecule has 1 unspecified atom stereocenters. The van der Waals surface area contributed by atoms with E-state index in [9.17, 15) is 22.8 Å². The van der Waals surface area contributed by atoms with Crippen molar-refractivity contribution < 1.29 is 27.0 Å². The summed E-state index contributed by atoms with van der Waals surface area (Å²) in [6, 6.07) is -0.458. The van der Waals surface area contributed by atoms with Gasteiger partial charge in [-0.2, -0.15) is 8.42 Å². The van der Waals surface area contributed by atoms with E-state index in [1.54, 1.807) is 6.92 Å². The van der Waals surface area contributed by atoms with E-state index in [0.29, 0.717) is 6.42 Å². The van der Waals surface area contributed by atoms with E-state index >= 15 is 0 Å². The Bertz CT molecular complexity index is 579. The summed E-state index contributed by atoms with van der Waals surface area (Å²) in [5.74, 6) is -2.96. The quantitative estimate of drug-likeness (QED) is 0.293. The number of amides is 2. The molecule has 2 amide bonds. The van der Waals surface area contributed by atoms with E-state index < -0.39 is 34.1 Å². The Morgan fingerprint density at radius 2 is 2.00 bits per heavy atom. The first-order valence-electron chi connectivity index (χ1n) is 6.19. The maximum atomic E-state index is 11.7. The Hall–Kier alpha value is -2.13. The van der Waals surface area contributed by atoms with Gasteiger partial charge in [-0.3, -0.25) is 14.4 Å². The molecule has 1 atom stereocenters. The van der Waals surface area contributed by atoms with Gasteiger partial charge in [-0.25, -0.2) is 0 Å². The SMILES string of the molecule is CCC(CCC(=O)OS(=O)(=O)N1C(=O)CCC1=O)N=[N+]=[N-]. The van der Waals surface area contributed by atoms with Gasteiger partial charge in [0.05, 0.1) is 0 Å². The number of azide groups is 1. The molecule has 21 heavy (non-hydrogen) atoms. The fourth-order valence-electron chi connectivity index (χ4n) is 1.70. The smallest absolute Gasteiger partial charge is 0.330 e. The number of carbonyl (C=O) groups excluding carboxylic acids is 3. The lowest BCUT2D eigenvalue weighted by atomic mass is 10.1. The van der Waals surface area contributed by atoms with Crippen molar-refractivity contribution in [3.05, 3.63) is 10.4 Å². The molecule has 116 valence electrons. The highest BCUT2D eigenvalue weighted by atomic mass is 32.2. The van der Waals surface area contributed by atoms with Crippen LogP contribution in [-0.4, -0.2) is 36.5 Å². The fourth-order valence-corrected chi connectivity index (χ4v) is 2.78. The Kier molecular flexibility index (Phi) is 5.68. The number of nitrogens with zero attached hydrogens (tertiary/aromatic N) is 4. The normalized spacial score (nSPS) is 16.5. The van der Waals surface area contributed by atoms with Crippen LogP contribution in [0.25, 0.3) is 10.4 Å². The van der Waals surface area contributed by atoms with E-state index in [1.807, 2.05) is 0 Å². The summed E-state index contributed by atoms with van der Waals surface area (Å²) in [5.41, 5.74) is 8.29. The third-order valence-corrected chi connectivity index (χ3v) is 4.05. The van der Waals surface area contributed by atoms with E-state index in [4.69, 9.17) is 5.53 Å². The first-order valence-corrected chi connectivity index (χ1v) is 7.55. The predicted molar refractivity (Wildman–Crippen MR) is 68.6 cm³/mol. The maximum Gasteiger partial charge on any atom is 0.421 e. The van der Waals surface area contributed by atoms with Gasteiger partial charge in [-0.15, -0.1) is 4.31 Å². The molecule has 1 saturated heterocycles. The molecule has 11 heteroatoms. The molecule has 0 aromatic heterocycles. The van der Waals surface area contributed by atoms with Crippen LogP contribution in [0.2, 0.25) is 0 Å². The van der Waals surface area contributed by atoms with E-state index in [2.05, 4.69) is 14.2 Å². The summed E-state index contributed by atoms with van der Waals surface area (Å²) < 4.78 is 27.5. The van der Waals surface area contributed by atoms with Crippen molar-refractivity contribution in [2.45, 2.75) is 45.1 Å². The molecular formula is C10H14N4O6S. The summed E-state index contributed by atoms with van der Waals surface area (Å²) in [6.07, 6.45) is -0.189. The first kappa shape index (κ1) is 16.9. The Labute approximate surface area is 120 Å². The van der Waals surface area contributed by atoms with Crippen molar-refractivity contribution >= 4 is 28.1 Å². The van der Waals surface area contributed by atoms with Crippen LogP contribution in [0.15, 0.2) is 5.11 Å². The molecule has 0 bridgehead atoms. The Morgan fingerprint density at radius 3 is 2.48 bits per heavy atom. The van der Waals surface area contributed by atoms with Crippen LogP contribution >= 0.6 is 0 Å². The van der Waals surface area contributed by atoms with Crippen molar-refractivity contribution in [2.24, 2.45) is 5.11 Å². The van der Waals surface area contributed by atoms with Gasteiger partial charge in [-0.05, 0) is 18.4 Å². The van der Waals surface area contributed by atoms with Crippen LogP contribution in [0, 0.1) is 0 Å². The van der Waals surface area contributed by atoms with Gasteiger partial charge in [0.1, 0.15) is 0 Å². The number of hydrogen-bond donors (Lipinski definition) is 0. The highest BCUT2D eigenvalue weighted by molar-refractivity contribution is 7.86. The fraction of sp³-hybridized carbons (Fsp3) is 0.700. The molecule has 0 saturated carbocycles. The van der Waals surface area contributed by atoms with Crippen LogP contribution in [0.3, 0.4) is 0 Å². The Morgan fingerprint density at radius 1 is 1.43 bits per heavy atom. The van der Waals surface area contributed by atoms with Crippen LogP contribution < -0.4 is 0 Å². The maximum absolute atomic E-state index is 11.7. The van der Waals surface area contributed by atoms with Crippen LogP contribution in [0.1, 0.15) is 39.0 Å². The minimum absolute atomic E-state index is 0.0321. The number of imide groups is 1. The van der Waals surface area contributed by atoms with Crippen molar-refractivity contribution in [3.8, 4) is 0 Å². The minimum atomic E-state index is -4.74. The molecule has 1 aliphatic heterocycles. The van der Waals surface area contributed by atoms with Gasteiger partial charge in [0.15, 0.2) is 0 Å². The molecule has 0 aromatic carbocycles.